The van der Waals surface area contributed by atoms with Gasteiger partial charge in [0, 0.05) is 21.3 Å². The van der Waals surface area contributed by atoms with Gasteiger partial charge >= 0.3 is 0 Å². The van der Waals surface area contributed by atoms with E-state index in [1.165, 1.54) is 40.3 Å². The van der Waals surface area contributed by atoms with Crippen LogP contribution in [-0.4, -0.2) is 12.4 Å². The van der Waals surface area contributed by atoms with Crippen LogP contribution in [0.5, 0.6) is 5.75 Å². The maximum absolute atomic E-state index is 11.9. The molecule has 1 unspecified atom stereocenters. The molecule has 0 amide bonds. The fourth-order valence-corrected chi connectivity index (χ4v) is 5.77. The third-order valence-corrected chi connectivity index (χ3v) is 7.10. The fourth-order valence-electron chi connectivity index (χ4n) is 4.45. The minimum atomic E-state index is -0.451. The van der Waals surface area contributed by atoms with E-state index in [2.05, 4.69) is 36.4 Å². The topological polar surface area (TPSA) is 26.3 Å². The van der Waals surface area contributed by atoms with E-state index in [0.717, 1.165) is 16.2 Å². The van der Waals surface area contributed by atoms with E-state index in [1.54, 1.807) is 31.0 Å². The molecule has 0 N–H and O–H groups in total. The lowest BCUT2D eigenvalue weighted by molar-refractivity contribution is 0.107. The maximum atomic E-state index is 11.9. The number of benzene rings is 3. The first-order chi connectivity index (χ1) is 13.7. The van der Waals surface area contributed by atoms with Gasteiger partial charge < -0.3 is 4.74 Å². The zero-order valence-corrected chi connectivity index (χ0v) is 17.1. The summed E-state index contributed by atoms with van der Waals surface area (Å²) in [4.78, 5) is 13.9. The van der Waals surface area contributed by atoms with E-state index < -0.39 is 5.24 Å². The number of ether oxygens (including phenoxy) is 1. The highest BCUT2D eigenvalue weighted by atomic mass is 35.5. The third kappa shape index (κ3) is 2.85. The van der Waals surface area contributed by atoms with Gasteiger partial charge in [-0.05, 0) is 82.6 Å². The highest BCUT2D eigenvalue weighted by Gasteiger charge is 2.25. The molecule has 5 rings (SSSR count). The first-order valence-electron chi connectivity index (χ1n) is 9.48. The van der Waals surface area contributed by atoms with E-state index in [0.29, 0.717) is 17.2 Å². The number of carbonyl (C=O) groups excluding carboxylic acids is 1. The zero-order valence-electron chi connectivity index (χ0n) is 15.5. The molecule has 0 radical (unpaired) electrons. The quantitative estimate of drug-likeness (QED) is 0.444. The molecule has 2 aliphatic carbocycles. The van der Waals surface area contributed by atoms with Crippen LogP contribution < -0.4 is 4.74 Å². The SMILES string of the molecule is COc1ccc(C(=O)Cl)c(Sc2ccc3c4c5c(ccc24)CCCC5C=C3)c1. The van der Waals surface area contributed by atoms with Gasteiger partial charge in [0.25, 0.3) is 5.24 Å². The average Bonchev–Trinajstić information content (AvgIpc) is 2.72. The molecule has 28 heavy (non-hydrogen) atoms. The smallest absolute Gasteiger partial charge is 0.253 e. The zero-order chi connectivity index (χ0) is 19.3. The molecule has 0 saturated carbocycles. The first-order valence-corrected chi connectivity index (χ1v) is 10.7. The summed E-state index contributed by atoms with van der Waals surface area (Å²) in [5.74, 6) is 1.24. The van der Waals surface area contributed by atoms with Crippen LogP contribution in [0, 0.1) is 0 Å². The summed E-state index contributed by atoms with van der Waals surface area (Å²) in [6.45, 7) is 0. The van der Waals surface area contributed by atoms with Crippen molar-refractivity contribution in [3.8, 4) is 5.75 Å². The standard InChI is InChI=1S/C24H19ClO2S/c1-27-17-9-11-19(24(25)26)21(13-17)28-20-12-8-16-6-5-14-3-2-4-15-7-10-18(20)23(16)22(14)15/h5-14H,2-4H2,1H3. The van der Waals surface area contributed by atoms with Gasteiger partial charge in [-0.3, -0.25) is 4.79 Å². The van der Waals surface area contributed by atoms with E-state index >= 15 is 0 Å². The van der Waals surface area contributed by atoms with Crippen LogP contribution in [0.2, 0.25) is 0 Å². The molecule has 0 heterocycles. The highest BCUT2D eigenvalue weighted by Crippen LogP contribution is 2.46. The van der Waals surface area contributed by atoms with E-state index in [4.69, 9.17) is 16.3 Å². The number of halogens is 1. The number of methoxy groups -OCH3 is 1. The van der Waals surface area contributed by atoms with Crippen LogP contribution in [0.25, 0.3) is 16.8 Å². The Hall–Kier alpha value is -2.23. The Morgan fingerprint density at radius 2 is 2.04 bits per heavy atom. The summed E-state index contributed by atoms with van der Waals surface area (Å²) in [5.41, 5.74) is 4.78. The summed E-state index contributed by atoms with van der Waals surface area (Å²) in [6, 6.07) is 14.2. The second kappa shape index (κ2) is 6.98. The first kappa shape index (κ1) is 17.8. The van der Waals surface area contributed by atoms with Gasteiger partial charge in [-0.15, -0.1) is 0 Å². The summed E-state index contributed by atoms with van der Waals surface area (Å²) >= 11 is 7.41. The Morgan fingerprint density at radius 3 is 2.86 bits per heavy atom. The second-order valence-electron chi connectivity index (χ2n) is 7.31. The third-order valence-electron chi connectivity index (χ3n) is 5.76. The van der Waals surface area contributed by atoms with Crippen molar-refractivity contribution in [1.82, 2.24) is 0 Å². The molecule has 3 aromatic rings. The Bertz CT molecular complexity index is 1150. The number of hydrogen-bond acceptors (Lipinski definition) is 3. The molecule has 0 saturated heterocycles. The maximum Gasteiger partial charge on any atom is 0.253 e. The molecular formula is C24H19ClO2S. The monoisotopic (exact) mass is 406 g/mol. The largest absolute Gasteiger partial charge is 0.497 e. The normalized spacial score (nSPS) is 17.0. The average molecular weight is 407 g/mol. The van der Waals surface area contributed by atoms with Crippen LogP contribution >= 0.6 is 23.4 Å². The van der Waals surface area contributed by atoms with Crippen molar-refractivity contribution in [2.24, 2.45) is 0 Å². The number of aryl methyl sites for hydroxylation is 1. The molecule has 0 fully saturated rings. The molecule has 0 spiro atoms. The lowest BCUT2D eigenvalue weighted by Gasteiger charge is -2.29. The fraction of sp³-hybridized carbons (Fsp3) is 0.208. The second-order valence-corrected chi connectivity index (χ2v) is 8.74. The van der Waals surface area contributed by atoms with Crippen molar-refractivity contribution in [2.45, 2.75) is 35.0 Å². The predicted octanol–water partition coefficient (Wildman–Crippen LogP) is 6.83. The highest BCUT2D eigenvalue weighted by molar-refractivity contribution is 7.99. The van der Waals surface area contributed by atoms with Crippen molar-refractivity contribution in [3.05, 3.63) is 70.8 Å². The van der Waals surface area contributed by atoms with Crippen LogP contribution in [0.1, 0.15) is 45.8 Å². The Morgan fingerprint density at radius 1 is 1.14 bits per heavy atom. The lowest BCUT2D eigenvalue weighted by Crippen LogP contribution is -2.11. The molecule has 0 aliphatic heterocycles. The van der Waals surface area contributed by atoms with Crippen molar-refractivity contribution < 1.29 is 9.53 Å². The van der Waals surface area contributed by atoms with E-state index in [-0.39, 0.29) is 0 Å². The van der Waals surface area contributed by atoms with Crippen molar-refractivity contribution in [1.29, 1.82) is 0 Å². The van der Waals surface area contributed by atoms with E-state index in [1.807, 2.05) is 6.07 Å². The van der Waals surface area contributed by atoms with E-state index in [9.17, 15) is 4.79 Å². The molecule has 140 valence electrons. The Kier molecular flexibility index (Phi) is 4.45. The summed E-state index contributed by atoms with van der Waals surface area (Å²) < 4.78 is 5.35. The van der Waals surface area contributed by atoms with Gasteiger partial charge in [0.1, 0.15) is 5.75 Å². The van der Waals surface area contributed by atoms with Gasteiger partial charge in [-0.25, -0.2) is 0 Å². The molecule has 2 nitrogen and oxygen atoms in total. The Labute approximate surface area is 173 Å². The van der Waals surface area contributed by atoms with Crippen LogP contribution in [0.4, 0.5) is 0 Å². The molecule has 1 atom stereocenters. The van der Waals surface area contributed by atoms with Crippen LogP contribution in [0.15, 0.2) is 58.3 Å². The summed E-state index contributed by atoms with van der Waals surface area (Å²) in [6.07, 6.45) is 8.26. The summed E-state index contributed by atoms with van der Waals surface area (Å²) in [5, 5.41) is 2.16. The lowest BCUT2D eigenvalue weighted by atomic mass is 9.76. The van der Waals surface area contributed by atoms with Gasteiger partial charge in [0.05, 0.1) is 7.11 Å². The van der Waals surface area contributed by atoms with Gasteiger partial charge in [-0.1, -0.05) is 42.1 Å². The number of rotatable bonds is 4. The number of hydrogen-bond donors (Lipinski definition) is 0. The Balaban J connectivity index is 1.69. The molecule has 4 heteroatoms. The van der Waals surface area contributed by atoms with Gasteiger partial charge in [0.2, 0.25) is 0 Å². The van der Waals surface area contributed by atoms with Crippen LogP contribution in [-0.2, 0) is 6.42 Å². The molecular weight excluding hydrogens is 388 g/mol. The minimum Gasteiger partial charge on any atom is -0.497 e. The summed E-state index contributed by atoms with van der Waals surface area (Å²) in [7, 11) is 1.63. The van der Waals surface area contributed by atoms with Crippen molar-refractivity contribution >= 4 is 45.5 Å². The predicted molar refractivity (Wildman–Crippen MR) is 116 cm³/mol. The van der Waals surface area contributed by atoms with Gasteiger partial charge in [-0.2, -0.15) is 0 Å². The molecule has 0 bridgehead atoms. The van der Waals surface area contributed by atoms with Crippen LogP contribution in [0.3, 0.4) is 0 Å². The van der Waals surface area contributed by atoms with Crippen molar-refractivity contribution in [2.75, 3.05) is 7.11 Å². The minimum absolute atomic E-state index is 0.451. The van der Waals surface area contributed by atoms with Gasteiger partial charge in [0.15, 0.2) is 0 Å². The molecule has 0 aromatic heterocycles. The molecule has 2 aliphatic rings. The molecule has 3 aromatic carbocycles. The number of carbonyl (C=O) groups is 1. The number of allylic oxidation sites excluding steroid dienone is 1. The van der Waals surface area contributed by atoms with Crippen molar-refractivity contribution in [3.63, 3.8) is 0 Å².